The van der Waals surface area contributed by atoms with Gasteiger partial charge in [0.15, 0.2) is 0 Å². The average molecular weight is 349 g/mol. The summed E-state index contributed by atoms with van der Waals surface area (Å²) >= 11 is 0. The SMILES string of the molecule is Cc1ccc([N+](=O)[O-])cc1NC(=O)CN[C@@H](C)c1ccc(F)cc1F. The third-order valence-electron chi connectivity index (χ3n) is 3.70. The van der Waals surface area contributed by atoms with Crippen molar-refractivity contribution in [2.75, 3.05) is 11.9 Å². The van der Waals surface area contributed by atoms with Crippen LogP contribution >= 0.6 is 0 Å². The smallest absolute Gasteiger partial charge is 0.271 e. The number of nitrogens with one attached hydrogen (secondary N) is 2. The highest BCUT2D eigenvalue weighted by Gasteiger charge is 2.14. The Labute approximate surface area is 143 Å². The Bertz CT molecular complexity index is 812. The molecule has 0 aliphatic carbocycles. The summed E-state index contributed by atoms with van der Waals surface area (Å²) < 4.78 is 26.6. The van der Waals surface area contributed by atoms with Crippen molar-refractivity contribution in [1.29, 1.82) is 0 Å². The molecule has 0 aliphatic heterocycles. The number of carbonyl (C=O) groups is 1. The second kappa shape index (κ2) is 7.80. The molecule has 0 heterocycles. The van der Waals surface area contributed by atoms with Gasteiger partial charge in [-0.05, 0) is 25.5 Å². The minimum Gasteiger partial charge on any atom is -0.324 e. The fourth-order valence-corrected chi connectivity index (χ4v) is 2.26. The topological polar surface area (TPSA) is 84.3 Å². The van der Waals surface area contributed by atoms with Gasteiger partial charge in [0.2, 0.25) is 5.91 Å². The molecule has 1 atom stereocenters. The number of nitrogens with zero attached hydrogens (tertiary/aromatic N) is 1. The second-order valence-corrected chi connectivity index (χ2v) is 5.57. The number of benzene rings is 2. The van der Waals surface area contributed by atoms with Gasteiger partial charge in [-0.2, -0.15) is 0 Å². The summed E-state index contributed by atoms with van der Waals surface area (Å²) in [5.41, 5.74) is 1.12. The molecule has 0 unspecified atom stereocenters. The molecular weight excluding hydrogens is 332 g/mol. The van der Waals surface area contributed by atoms with E-state index >= 15 is 0 Å². The van der Waals surface area contributed by atoms with Crippen LogP contribution in [-0.2, 0) is 4.79 Å². The van der Waals surface area contributed by atoms with Crippen molar-refractivity contribution >= 4 is 17.3 Å². The van der Waals surface area contributed by atoms with Crippen LogP contribution in [-0.4, -0.2) is 17.4 Å². The van der Waals surface area contributed by atoms with Crippen molar-refractivity contribution in [2.45, 2.75) is 19.9 Å². The summed E-state index contributed by atoms with van der Waals surface area (Å²) in [6.07, 6.45) is 0. The molecule has 2 aromatic carbocycles. The van der Waals surface area contributed by atoms with E-state index in [2.05, 4.69) is 10.6 Å². The monoisotopic (exact) mass is 349 g/mol. The van der Waals surface area contributed by atoms with Crippen LogP contribution in [0.3, 0.4) is 0 Å². The molecule has 0 aliphatic rings. The zero-order chi connectivity index (χ0) is 18.6. The first kappa shape index (κ1) is 18.5. The molecule has 1 amide bonds. The number of nitro groups is 1. The number of anilines is 1. The summed E-state index contributed by atoms with van der Waals surface area (Å²) in [5.74, 6) is -1.81. The summed E-state index contributed by atoms with van der Waals surface area (Å²) in [6.45, 7) is 3.21. The van der Waals surface area contributed by atoms with Gasteiger partial charge in [0.05, 0.1) is 17.2 Å². The van der Waals surface area contributed by atoms with E-state index in [1.165, 1.54) is 24.3 Å². The molecule has 0 bridgehead atoms. The lowest BCUT2D eigenvalue weighted by Gasteiger charge is -2.15. The molecule has 0 saturated heterocycles. The Kier molecular flexibility index (Phi) is 5.76. The predicted octanol–water partition coefficient (Wildman–Crippen LogP) is 3.47. The third kappa shape index (κ3) is 4.80. The van der Waals surface area contributed by atoms with Crippen molar-refractivity contribution in [3.05, 3.63) is 69.3 Å². The normalized spacial score (nSPS) is 11.8. The average Bonchev–Trinajstić information content (AvgIpc) is 2.54. The molecule has 2 aromatic rings. The molecule has 25 heavy (non-hydrogen) atoms. The molecular formula is C17H17F2N3O3. The summed E-state index contributed by atoms with van der Waals surface area (Å²) in [6, 6.07) is 6.88. The lowest BCUT2D eigenvalue weighted by Crippen LogP contribution is -2.30. The van der Waals surface area contributed by atoms with E-state index in [1.54, 1.807) is 13.8 Å². The van der Waals surface area contributed by atoms with Gasteiger partial charge in [-0.1, -0.05) is 12.1 Å². The van der Waals surface area contributed by atoms with Crippen LogP contribution in [0, 0.1) is 28.7 Å². The molecule has 132 valence electrons. The summed E-state index contributed by atoms with van der Waals surface area (Å²) in [5, 5.41) is 16.2. The van der Waals surface area contributed by atoms with Gasteiger partial charge in [-0.25, -0.2) is 8.78 Å². The Morgan fingerprint density at radius 3 is 2.60 bits per heavy atom. The molecule has 0 spiro atoms. The number of amides is 1. The maximum Gasteiger partial charge on any atom is 0.271 e. The Morgan fingerprint density at radius 2 is 1.96 bits per heavy atom. The number of aryl methyl sites for hydroxylation is 1. The summed E-state index contributed by atoms with van der Waals surface area (Å²) in [4.78, 5) is 22.3. The standard InChI is InChI=1S/C17H17F2N3O3/c1-10-3-5-13(22(24)25)8-16(10)21-17(23)9-20-11(2)14-6-4-12(18)7-15(14)19/h3-8,11,20H,9H2,1-2H3,(H,21,23)/t11-/m0/s1. The van der Waals surface area contributed by atoms with E-state index in [1.807, 2.05) is 0 Å². The minimum absolute atomic E-state index is 0.129. The van der Waals surface area contributed by atoms with Crippen molar-refractivity contribution < 1.29 is 18.5 Å². The van der Waals surface area contributed by atoms with Crippen LogP contribution in [0.2, 0.25) is 0 Å². The Balaban J connectivity index is 1.99. The molecule has 0 saturated carbocycles. The zero-order valence-corrected chi connectivity index (χ0v) is 13.7. The Hall–Kier alpha value is -2.87. The molecule has 0 radical (unpaired) electrons. The van der Waals surface area contributed by atoms with Crippen LogP contribution in [0.15, 0.2) is 36.4 Å². The van der Waals surface area contributed by atoms with Gasteiger partial charge in [0.1, 0.15) is 11.6 Å². The largest absolute Gasteiger partial charge is 0.324 e. The first-order valence-corrected chi connectivity index (χ1v) is 7.51. The number of non-ortho nitro benzene ring substituents is 1. The molecule has 0 fully saturated rings. The number of carbonyl (C=O) groups excluding carboxylic acids is 1. The highest BCUT2D eigenvalue weighted by atomic mass is 19.1. The molecule has 6 nitrogen and oxygen atoms in total. The molecule has 8 heteroatoms. The fourth-order valence-electron chi connectivity index (χ4n) is 2.26. The van der Waals surface area contributed by atoms with E-state index in [4.69, 9.17) is 0 Å². The van der Waals surface area contributed by atoms with Crippen LogP contribution in [0.25, 0.3) is 0 Å². The first-order valence-electron chi connectivity index (χ1n) is 7.51. The first-order chi connectivity index (χ1) is 11.8. The molecule has 2 N–H and O–H groups in total. The van der Waals surface area contributed by atoms with Crippen LogP contribution in [0.1, 0.15) is 24.1 Å². The Morgan fingerprint density at radius 1 is 1.24 bits per heavy atom. The van der Waals surface area contributed by atoms with Gasteiger partial charge in [-0.3, -0.25) is 14.9 Å². The lowest BCUT2D eigenvalue weighted by atomic mass is 10.1. The number of rotatable bonds is 6. The number of hydrogen-bond donors (Lipinski definition) is 2. The van der Waals surface area contributed by atoms with E-state index in [-0.39, 0.29) is 17.8 Å². The van der Waals surface area contributed by atoms with Crippen LogP contribution < -0.4 is 10.6 Å². The molecule has 2 rings (SSSR count). The third-order valence-corrected chi connectivity index (χ3v) is 3.70. The fraction of sp³-hybridized carbons (Fsp3) is 0.235. The van der Waals surface area contributed by atoms with Gasteiger partial charge in [0, 0.05) is 29.8 Å². The van der Waals surface area contributed by atoms with E-state index < -0.39 is 28.5 Å². The number of nitro benzene ring substituents is 1. The lowest BCUT2D eigenvalue weighted by molar-refractivity contribution is -0.384. The predicted molar refractivity (Wildman–Crippen MR) is 89.2 cm³/mol. The van der Waals surface area contributed by atoms with Crippen molar-refractivity contribution in [3.63, 3.8) is 0 Å². The quantitative estimate of drug-likeness (QED) is 0.618. The van der Waals surface area contributed by atoms with Crippen LogP contribution in [0.5, 0.6) is 0 Å². The van der Waals surface area contributed by atoms with Crippen molar-refractivity contribution in [1.82, 2.24) is 5.32 Å². The van der Waals surface area contributed by atoms with Gasteiger partial charge >= 0.3 is 0 Å². The van der Waals surface area contributed by atoms with E-state index in [0.29, 0.717) is 11.3 Å². The number of halogens is 2. The maximum atomic E-state index is 13.7. The van der Waals surface area contributed by atoms with Crippen molar-refractivity contribution in [3.8, 4) is 0 Å². The van der Waals surface area contributed by atoms with Gasteiger partial charge in [-0.15, -0.1) is 0 Å². The highest BCUT2D eigenvalue weighted by Crippen LogP contribution is 2.22. The zero-order valence-electron chi connectivity index (χ0n) is 13.7. The van der Waals surface area contributed by atoms with Gasteiger partial charge < -0.3 is 10.6 Å². The molecule has 0 aromatic heterocycles. The second-order valence-electron chi connectivity index (χ2n) is 5.57. The van der Waals surface area contributed by atoms with Gasteiger partial charge in [0.25, 0.3) is 5.69 Å². The maximum absolute atomic E-state index is 13.7. The van der Waals surface area contributed by atoms with Crippen LogP contribution in [0.4, 0.5) is 20.2 Å². The van der Waals surface area contributed by atoms with E-state index in [9.17, 15) is 23.7 Å². The number of hydrogen-bond acceptors (Lipinski definition) is 4. The highest BCUT2D eigenvalue weighted by molar-refractivity contribution is 5.93. The van der Waals surface area contributed by atoms with Crippen molar-refractivity contribution in [2.24, 2.45) is 0 Å². The van der Waals surface area contributed by atoms with E-state index in [0.717, 1.165) is 12.1 Å². The minimum atomic E-state index is -0.699. The summed E-state index contributed by atoms with van der Waals surface area (Å²) in [7, 11) is 0.